The Morgan fingerprint density at radius 3 is 2.52 bits per heavy atom. The maximum absolute atomic E-state index is 5.32. The Morgan fingerprint density at radius 2 is 1.76 bits per heavy atom. The summed E-state index contributed by atoms with van der Waals surface area (Å²) in [4.78, 5) is 9.26. The van der Waals surface area contributed by atoms with E-state index in [2.05, 4.69) is 23.2 Å². The summed E-state index contributed by atoms with van der Waals surface area (Å²) in [7, 11) is 1.66. The lowest BCUT2D eigenvalue weighted by atomic mass is 10.2. The van der Waals surface area contributed by atoms with Crippen molar-refractivity contribution in [3.8, 4) is 11.6 Å². The topological polar surface area (TPSA) is 39.9 Å². The van der Waals surface area contributed by atoms with Crippen LogP contribution in [0, 0.1) is 0 Å². The van der Waals surface area contributed by atoms with Gasteiger partial charge in [-0.2, -0.15) is 0 Å². The molecule has 0 atom stereocenters. The van der Waals surface area contributed by atoms with Crippen LogP contribution in [0.3, 0.4) is 0 Å². The molecule has 4 aromatic rings. The van der Waals surface area contributed by atoms with Crippen LogP contribution in [-0.4, -0.2) is 21.6 Å². The van der Waals surface area contributed by atoms with E-state index in [4.69, 9.17) is 9.72 Å². The molecule has 0 saturated heterocycles. The molecule has 0 bridgehead atoms. The first-order valence-corrected chi connectivity index (χ1v) is 8.06. The minimum Gasteiger partial charge on any atom is -0.497 e. The molecule has 0 aliphatic carbocycles. The van der Waals surface area contributed by atoms with Crippen molar-refractivity contribution in [2.45, 2.75) is 0 Å². The second kappa shape index (κ2) is 6.61. The molecule has 0 fully saturated rings. The lowest BCUT2D eigenvalue weighted by Crippen LogP contribution is -1.99. The molecule has 0 N–H and O–H groups in total. The number of pyridine rings is 1. The van der Waals surface area contributed by atoms with Gasteiger partial charge < -0.3 is 4.74 Å². The molecule has 4 rings (SSSR count). The van der Waals surface area contributed by atoms with E-state index >= 15 is 0 Å². The van der Waals surface area contributed by atoms with Crippen molar-refractivity contribution in [2.75, 3.05) is 7.11 Å². The first-order chi connectivity index (χ1) is 12.3. The molecule has 2 aromatic heterocycles. The normalized spacial score (nSPS) is 11.2. The first kappa shape index (κ1) is 15.1. The number of aromatic nitrogens is 3. The summed E-state index contributed by atoms with van der Waals surface area (Å²) in [5.41, 5.74) is 2.99. The maximum atomic E-state index is 5.32. The van der Waals surface area contributed by atoms with E-state index in [1.165, 1.54) is 0 Å². The number of fused-ring (bicyclic) bond motifs is 1. The van der Waals surface area contributed by atoms with Gasteiger partial charge in [0.05, 0.1) is 18.1 Å². The summed E-state index contributed by atoms with van der Waals surface area (Å²) in [6.45, 7) is 0. The standard InChI is InChI=1S/C21H17N3O/c1-25-17-11-12-19-18(15-17)23-21(13-10-16-7-3-2-4-8-16)24(19)20-9-5-6-14-22-20/h2-15H,1H3/b13-10+. The highest BCUT2D eigenvalue weighted by Crippen LogP contribution is 2.25. The molecule has 0 aliphatic rings. The molecule has 0 aliphatic heterocycles. The van der Waals surface area contributed by atoms with Crippen molar-refractivity contribution < 1.29 is 4.74 Å². The maximum Gasteiger partial charge on any atom is 0.139 e. The fraction of sp³-hybridized carbons (Fsp3) is 0.0476. The van der Waals surface area contributed by atoms with Crippen LogP contribution in [0.15, 0.2) is 72.9 Å². The van der Waals surface area contributed by atoms with Crippen molar-refractivity contribution >= 4 is 23.2 Å². The summed E-state index contributed by atoms with van der Waals surface area (Å²) in [6, 6.07) is 21.9. The molecule has 4 heteroatoms. The van der Waals surface area contributed by atoms with Gasteiger partial charge in [-0.25, -0.2) is 9.97 Å². The molecule has 25 heavy (non-hydrogen) atoms. The van der Waals surface area contributed by atoms with Gasteiger partial charge in [0.25, 0.3) is 0 Å². The molecular weight excluding hydrogens is 310 g/mol. The van der Waals surface area contributed by atoms with Gasteiger partial charge in [-0.05, 0) is 35.9 Å². The predicted molar refractivity (Wildman–Crippen MR) is 101 cm³/mol. The summed E-state index contributed by atoms with van der Waals surface area (Å²) >= 11 is 0. The van der Waals surface area contributed by atoms with Crippen LogP contribution in [0.2, 0.25) is 0 Å². The Bertz CT molecular complexity index is 1020. The van der Waals surface area contributed by atoms with E-state index in [0.717, 1.165) is 34.0 Å². The van der Waals surface area contributed by atoms with Crippen molar-refractivity contribution in [1.29, 1.82) is 0 Å². The van der Waals surface area contributed by atoms with E-state index in [0.29, 0.717) is 0 Å². The average Bonchev–Trinajstić information content (AvgIpc) is 3.05. The summed E-state index contributed by atoms with van der Waals surface area (Å²) in [5, 5.41) is 0. The lowest BCUT2D eigenvalue weighted by molar-refractivity contribution is 0.415. The Kier molecular flexibility index (Phi) is 4.01. The minimum atomic E-state index is 0.789. The molecule has 2 heterocycles. The second-order valence-electron chi connectivity index (χ2n) is 5.59. The quantitative estimate of drug-likeness (QED) is 0.550. The van der Waals surface area contributed by atoms with Crippen LogP contribution >= 0.6 is 0 Å². The van der Waals surface area contributed by atoms with Crippen LogP contribution < -0.4 is 4.74 Å². The van der Waals surface area contributed by atoms with Crippen LogP contribution in [0.25, 0.3) is 29.0 Å². The van der Waals surface area contributed by atoms with Gasteiger partial charge in [0.15, 0.2) is 0 Å². The van der Waals surface area contributed by atoms with Gasteiger partial charge in [-0.3, -0.25) is 4.57 Å². The van der Waals surface area contributed by atoms with E-state index in [1.54, 1.807) is 13.3 Å². The zero-order valence-corrected chi connectivity index (χ0v) is 13.8. The highest BCUT2D eigenvalue weighted by atomic mass is 16.5. The Morgan fingerprint density at radius 1 is 0.920 bits per heavy atom. The highest BCUT2D eigenvalue weighted by molar-refractivity contribution is 5.83. The Balaban J connectivity index is 1.88. The molecular formula is C21H17N3O. The van der Waals surface area contributed by atoms with Gasteiger partial charge in [-0.15, -0.1) is 0 Å². The fourth-order valence-electron chi connectivity index (χ4n) is 2.78. The third kappa shape index (κ3) is 3.02. The van der Waals surface area contributed by atoms with E-state index < -0.39 is 0 Å². The smallest absolute Gasteiger partial charge is 0.139 e. The number of imidazole rings is 1. The van der Waals surface area contributed by atoms with Gasteiger partial charge in [0.1, 0.15) is 17.4 Å². The molecule has 0 amide bonds. The number of nitrogens with zero attached hydrogens (tertiary/aromatic N) is 3. The van der Waals surface area contributed by atoms with Gasteiger partial charge in [0.2, 0.25) is 0 Å². The number of rotatable bonds is 4. The zero-order chi connectivity index (χ0) is 17.1. The number of ether oxygens (including phenoxy) is 1. The van der Waals surface area contributed by atoms with Gasteiger partial charge >= 0.3 is 0 Å². The van der Waals surface area contributed by atoms with Crippen molar-refractivity contribution in [3.63, 3.8) is 0 Å². The van der Waals surface area contributed by atoms with Crippen LogP contribution in [0.4, 0.5) is 0 Å². The minimum absolute atomic E-state index is 0.789. The number of benzene rings is 2. The molecule has 4 nitrogen and oxygen atoms in total. The van der Waals surface area contributed by atoms with Gasteiger partial charge in [-0.1, -0.05) is 42.5 Å². The lowest BCUT2D eigenvalue weighted by Gasteiger charge is -2.06. The van der Waals surface area contributed by atoms with Gasteiger partial charge in [0, 0.05) is 12.3 Å². The summed E-state index contributed by atoms with van der Waals surface area (Å²) in [6.07, 6.45) is 5.85. The van der Waals surface area contributed by atoms with Crippen LogP contribution in [-0.2, 0) is 0 Å². The fourth-order valence-corrected chi connectivity index (χ4v) is 2.78. The molecule has 122 valence electrons. The largest absolute Gasteiger partial charge is 0.497 e. The first-order valence-electron chi connectivity index (χ1n) is 8.06. The summed E-state index contributed by atoms with van der Waals surface area (Å²) in [5.74, 6) is 2.45. The van der Waals surface area contributed by atoms with Crippen molar-refractivity contribution in [3.05, 3.63) is 84.3 Å². The van der Waals surface area contributed by atoms with Crippen molar-refractivity contribution in [2.24, 2.45) is 0 Å². The second-order valence-corrected chi connectivity index (χ2v) is 5.59. The molecule has 0 radical (unpaired) electrons. The zero-order valence-electron chi connectivity index (χ0n) is 13.8. The number of hydrogen-bond donors (Lipinski definition) is 0. The highest BCUT2D eigenvalue weighted by Gasteiger charge is 2.12. The van der Waals surface area contributed by atoms with E-state index in [1.807, 2.05) is 65.2 Å². The molecule has 0 unspecified atom stereocenters. The van der Waals surface area contributed by atoms with E-state index in [-0.39, 0.29) is 0 Å². The third-order valence-electron chi connectivity index (χ3n) is 3.99. The predicted octanol–water partition coefficient (Wildman–Crippen LogP) is 4.60. The number of methoxy groups -OCH3 is 1. The Hall–Kier alpha value is -3.40. The average molecular weight is 327 g/mol. The SMILES string of the molecule is COc1ccc2c(c1)nc(/C=C/c1ccccc1)n2-c1ccccn1. The molecule has 0 spiro atoms. The third-order valence-corrected chi connectivity index (χ3v) is 3.99. The van der Waals surface area contributed by atoms with Crippen LogP contribution in [0.1, 0.15) is 11.4 Å². The number of hydrogen-bond acceptors (Lipinski definition) is 3. The van der Waals surface area contributed by atoms with Crippen LogP contribution in [0.5, 0.6) is 5.75 Å². The molecule has 0 saturated carbocycles. The monoisotopic (exact) mass is 327 g/mol. The summed E-state index contributed by atoms with van der Waals surface area (Å²) < 4.78 is 7.37. The van der Waals surface area contributed by atoms with Crippen molar-refractivity contribution in [1.82, 2.24) is 14.5 Å². The van der Waals surface area contributed by atoms with E-state index in [9.17, 15) is 0 Å². The Labute approximate surface area is 146 Å². The molecule has 2 aromatic carbocycles.